The van der Waals surface area contributed by atoms with Crippen molar-refractivity contribution in [2.24, 2.45) is 0 Å². The van der Waals surface area contributed by atoms with Crippen molar-refractivity contribution in [3.8, 4) is 0 Å². The van der Waals surface area contributed by atoms with Gasteiger partial charge in [-0.1, -0.05) is 36.4 Å². The van der Waals surface area contributed by atoms with Crippen LogP contribution in [0.15, 0.2) is 48.5 Å². The van der Waals surface area contributed by atoms with Gasteiger partial charge in [0.2, 0.25) is 0 Å². The summed E-state index contributed by atoms with van der Waals surface area (Å²) in [5.41, 5.74) is 1.64. The second kappa shape index (κ2) is 4.75. The van der Waals surface area contributed by atoms with Crippen LogP contribution < -0.4 is 5.32 Å². The van der Waals surface area contributed by atoms with Gasteiger partial charge in [-0.05, 0) is 37.5 Å². The Morgan fingerprint density at radius 2 is 1.75 bits per heavy atom. The van der Waals surface area contributed by atoms with E-state index in [2.05, 4.69) is 5.32 Å². The van der Waals surface area contributed by atoms with Crippen molar-refractivity contribution in [3.63, 3.8) is 0 Å². The third-order valence-corrected chi connectivity index (χ3v) is 3.88. The van der Waals surface area contributed by atoms with Crippen LogP contribution in [-0.2, 0) is 5.54 Å². The Bertz CT molecular complexity index is 662. The number of halogens is 1. The summed E-state index contributed by atoms with van der Waals surface area (Å²) in [6, 6.07) is 14.1. The molecule has 1 N–H and O–H groups in total. The zero-order valence-corrected chi connectivity index (χ0v) is 11.3. The van der Waals surface area contributed by atoms with Gasteiger partial charge in [0.1, 0.15) is 5.82 Å². The van der Waals surface area contributed by atoms with E-state index in [1.807, 2.05) is 25.1 Å². The highest BCUT2D eigenvalue weighted by molar-refractivity contribution is 5.96. The fraction of sp³-hybridized carbons (Fsp3) is 0.235. The maximum atomic E-state index is 13.9. The fourth-order valence-electron chi connectivity index (χ4n) is 2.55. The first-order valence-electron chi connectivity index (χ1n) is 6.75. The lowest BCUT2D eigenvalue weighted by atomic mass is 10.0. The first-order valence-corrected chi connectivity index (χ1v) is 6.75. The summed E-state index contributed by atoms with van der Waals surface area (Å²) in [5.74, 6) is -0.390. The highest BCUT2D eigenvalue weighted by Gasteiger charge is 2.47. The van der Waals surface area contributed by atoms with Crippen LogP contribution in [0.4, 0.5) is 4.39 Å². The van der Waals surface area contributed by atoms with Crippen LogP contribution in [-0.4, -0.2) is 5.91 Å². The Hall–Kier alpha value is -2.16. The van der Waals surface area contributed by atoms with Crippen molar-refractivity contribution in [1.29, 1.82) is 0 Å². The third-order valence-electron chi connectivity index (χ3n) is 3.88. The minimum absolute atomic E-state index is 0.135. The highest BCUT2D eigenvalue weighted by atomic mass is 19.1. The van der Waals surface area contributed by atoms with Crippen molar-refractivity contribution in [1.82, 2.24) is 5.32 Å². The molecule has 20 heavy (non-hydrogen) atoms. The molecule has 2 aromatic rings. The summed E-state index contributed by atoms with van der Waals surface area (Å²) in [6.45, 7) is 1.90. The average Bonchev–Trinajstić information content (AvgIpc) is 3.20. The number of hydrogen-bond acceptors (Lipinski definition) is 1. The fourth-order valence-corrected chi connectivity index (χ4v) is 2.55. The lowest BCUT2D eigenvalue weighted by Gasteiger charge is -2.19. The van der Waals surface area contributed by atoms with Gasteiger partial charge in [-0.2, -0.15) is 0 Å². The molecule has 0 saturated heterocycles. The molecular weight excluding hydrogens is 253 g/mol. The molecule has 0 heterocycles. The summed E-state index contributed by atoms with van der Waals surface area (Å²) in [7, 11) is 0. The van der Waals surface area contributed by atoms with Crippen LogP contribution in [0.3, 0.4) is 0 Å². The number of aryl methyl sites for hydroxylation is 1. The number of hydrogen-bond donors (Lipinski definition) is 1. The molecular formula is C17H16FNO. The normalized spacial score (nSPS) is 15.7. The van der Waals surface area contributed by atoms with Gasteiger partial charge in [-0.25, -0.2) is 4.39 Å². The van der Waals surface area contributed by atoms with Crippen LogP contribution in [0.2, 0.25) is 0 Å². The number of amides is 1. The topological polar surface area (TPSA) is 29.1 Å². The Morgan fingerprint density at radius 3 is 2.40 bits per heavy atom. The van der Waals surface area contributed by atoms with Crippen molar-refractivity contribution in [3.05, 3.63) is 71.0 Å². The molecule has 1 fully saturated rings. The van der Waals surface area contributed by atoms with E-state index >= 15 is 0 Å². The molecule has 0 aliphatic heterocycles. The van der Waals surface area contributed by atoms with Gasteiger partial charge in [0.25, 0.3) is 5.91 Å². The predicted octanol–water partition coefficient (Wildman–Crippen LogP) is 3.55. The number of carbonyl (C=O) groups excluding carboxylic acids is 1. The van der Waals surface area contributed by atoms with E-state index in [4.69, 9.17) is 0 Å². The van der Waals surface area contributed by atoms with Crippen LogP contribution in [0, 0.1) is 12.7 Å². The Balaban J connectivity index is 1.87. The standard InChI is InChI=1S/C17H16FNO/c1-12-6-2-3-7-13(12)16(20)19-17(10-11-17)14-8-4-5-9-15(14)18/h2-9H,10-11H2,1H3,(H,19,20). The maximum Gasteiger partial charge on any atom is 0.252 e. The lowest BCUT2D eigenvalue weighted by molar-refractivity contribution is 0.0929. The molecule has 1 aliphatic rings. The van der Waals surface area contributed by atoms with Gasteiger partial charge < -0.3 is 5.32 Å². The molecule has 0 atom stereocenters. The van der Waals surface area contributed by atoms with Crippen molar-refractivity contribution < 1.29 is 9.18 Å². The summed E-state index contributed by atoms with van der Waals surface area (Å²) in [4.78, 5) is 12.4. The molecule has 0 radical (unpaired) electrons. The minimum atomic E-state index is -0.523. The van der Waals surface area contributed by atoms with Gasteiger partial charge in [-0.3, -0.25) is 4.79 Å². The number of nitrogens with one attached hydrogen (secondary N) is 1. The van der Waals surface area contributed by atoms with E-state index in [0.717, 1.165) is 18.4 Å². The highest BCUT2D eigenvalue weighted by Crippen LogP contribution is 2.46. The van der Waals surface area contributed by atoms with Gasteiger partial charge >= 0.3 is 0 Å². The summed E-state index contributed by atoms with van der Waals surface area (Å²) >= 11 is 0. The van der Waals surface area contributed by atoms with E-state index in [0.29, 0.717) is 11.1 Å². The van der Waals surface area contributed by atoms with Crippen LogP contribution >= 0.6 is 0 Å². The number of carbonyl (C=O) groups is 1. The molecule has 0 bridgehead atoms. The van der Waals surface area contributed by atoms with Gasteiger partial charge in [0.15, 0.2) is 0 Å². The second-order valence-corrected chi connectivity index (χ2v) is 5.33. The zero-order valence-electron chi connectivity index (χ0n) is 11.3. The van der Waals surface area contributed by atoms with Crippen molar-refractivity contribution in [2.45, 2.75) is 25.3 Å². The molecule has 102 valence electrons. The Labute approximate surface area is 117 Å². The largest absolute Gasteiger partial charge is 0.342 e. The summed E-state index contributed by atoms with van der Waals surface area (Å²) < 4.78 is 13.9. The molecule has 1 aliphatic carbocycles. The predicted molar refractivity (Wildman–Crippen MR) is 76.0 cm³/mol. The smallest absolute Gasteiger partial charge is 0.252 e. The molecule has 2 nitrogen and oxygen atoms in total. The molecule has 0 unspecified atom stereocenters. The van der Waals surface area contributed by atoms with Gasteiger partial charge in [-0.15, -0.1) is 0 Å². The monoisotopic (exact) mass is 269 g/mol. The van der Waals surface area contributed by atoms with Crippen molar-refractivity contribution in [2.75, 3.05) is 0 Å². The van der Waals surface area contributed by atoms with E-state index in [-0.39, 0.29) is 11.7 Å². The third kappa shape index (κ3) is 2.20. The van der Waals surface area contributed by atoms with Crippen molar-refractivity contribution >= 4 is 5.91 Å². The zero-order chi connectivity index (χ0) is 14.2. The first-order chi connectivity index (χ1) is 9.62. The minimum Gasteiger partial charge on any atom is -0.342 e. The molecule has 3 rings (SSSR count). The Morgan fingerprint density at radius 1 is 1.10 bits per heavy atom. The molecule has 0 spiro atoms. The van der Waals surface area contributed by atoms with Gasteiger partial charge in [0, 0.05) is 11.1 Å². The number of rotatable bonds is 3. The Kier molecular flexibility index (Phi) is 3.05. The van der Waals surface area contributed by atoms with Gasteiger partial charge in [0.05, 0.1) is 5.54 Å². The second-order valence-electron chi connectivity index (χ2n) is 5.33. The molecule has 3 heteroatoms. The maximum absolute atomic E-state index is 13.9. The number of benzene rings is 2. The summed E-state index contributed by atoms with van der Waals surface area (Å²) in [6.07, 6.45) is 1.57. The van der Waals surface area contributed by atoms with Crippen LogP contribution in [0.1, 0.15) is 34.3 Å². The van der Waals surface area contributed by atoms with E-state index in [1.165, 1.54) is 6.07 Å². The lowest BCUT2D eigenvalue weighted by Crippen LogP contribution is -2.35. The molecule has 2 aromatic carbocycles. The van der Waals surface area contributed by atoms with E-state index in [9.17, 15) is 9.18 Å². The molecule has 0 aromatic heterocycles. The average molecular weight is 269 g/mol. The van der Waals surface area contributed by atoms with Crippen LogP contribution in [0.5, 0.6) is 0 Å². The first kappa shape index (κ1) is 12.9. The SMILES string of the molecule is Cc1ccccc1C(=O)NC1(c2ccccc2F)CC1. The quantitative estimate of drug-likeness (QED) is 0.907. The van der Waals surface area contributed by atoms with Crippen LogP contribution in [0.25, 0.3) is 0 Å². The summed E-state index contributed by atoms with van der Waals surface area (Å²) in [5, 5.41) is 3.00. The van der Waals surface area contributed by atoms with E-state index < -0.39 is 5.54 Å². The van der Waals surface area contributed by atoms with E-state index in [1.54, 1.807) is 24.3 Å². The molecule has 1 amide bonds. The molecule has 1 saturated carbocycles.